The van der Waals surface area contributed by atoms with Gasteiger partial charge in [0.25, 0.3) is 5.91 Å². The molecular formula is C18H20INO. The summed E-state index contributed by atoms with van der Waals surface area (Å²) in [6.07, 6.45) is 0. The number of amides is 1. The number of halogens is 1. The highest BCUT2D eigenvalue weighted by atomic mass is 127. The molecule has 0 spiro atoms. The fourth-order valence-corrected chi connectivity index (χ4v) is 2.78. The predicted molar refractivity (Wildman–Crippen MR) is 95.2 cm³/mol. The molecule has 0 aliphatic rings. The Bertz CT molecular complexity index is 617. The molecule has 1 amide bonds. The first kappa shape index (κ1) is 16.0. The highest BCUT2D eigenvalue weighted by molar-refractivity contribution is 14.1. The second kappa shape index (κ2) is 6.60. The summed E-state index contributed by atoms with van der Waals surface area (Å²) in [6.45, 7) is 6.84. The Hall–Kier alpha value is -1.36. The minimum atomic E-state index is -0.230. The Kier molecular flexibility index (Phi) is 5.04. The standard InChI is InChI=1S/C18H20INO/c1-18(2,3)20(13-14-9-5-4-6-10-14)17(21)15-11-7-8-12-16(15)19/h4-12H,13H2,1-3H3. The molecule has 0 aromatic heterocycles. The Morgan fingerprint density at radius 1 is 1.00 bits per heavy atom. The van der Waals surface area contributed by atoms with E-state index in [0.717, 1.165) is 14.7 Å². The van der Waals surface area contributed by atoms with E-state index < -0.39 is 0 Å². The molecule has 0 unspecified atom stereocenters. The fraction of sp³-hybridized carbons (Fsp3) is 0.278. The van der Waals surface area contributed by atoms with Crippen LogP contribution in [0.5, 0.6) is 0 Å². The minimum Gasteiger partial charge on any atom is -0.329 e. The highest BCUT2D eigenvalue weighted by Crippen LogP contribution is 2.23. The summed E-state index contributed by atoms with van der Waals surface area (Å²) < 4.78 is 0.988. The molecule has 2 nitrogen and oxygen atoms in total. The van der Waals surface area contributed by atoms with E-state index in [-0.39, 0.29) is 11.4 Å². The van der Waals surface area contributed by atoms with Crippen molar-refractivity contribution in [1.82, 2.24) is 4.90 Å². The van der Waals surface area contributed by atoms with Gasteiger partial charge in [0, 0.05) is 15.7 Å². The molecule has 0 fully saturated rings. The lowest BCUT2D eigenvalue weighted by atomic mass is 10.0. The van der Waals surface area contributed by atoms with E-state index in [4.69, 9.17) is 0 Å². The molecule has 0 N–H and O–H groups in total. The van der Waals surface area contributed by atoms with Gasteiger partial charge < -0.3 is 4.90 Å². The van der Waals surface area contributed by atoms with Crippen LogP contribution in [0.1, 0.15) is 36.7 Å². The van der Waals surface area contributed by atoms with Crippen LogP contribution in [-0.2, 0) is 6.54 Å². The zero-order valence-corrected chi connectivity index (χ0v) is 14.8. The Morgan fingerprint density at radius 2 is 1.57 bits per heavy atom. The van der Waals surface area contributed by atoms with Crippen LogP contribution in [0.2, 0.25) is 0 Å². The first-order valence-electron chi connectivity index (χ1n) is 7.00. The molecule has 0 atom stereocenters. The van der Waals surface area contributed by atoms with Crippen molar-refractivity contribution in [2.24, 2.45) is 0 Å². The van der Waals surface area contributed by atoms with Gasteiger partial charge in [-0.3, -0.25) is 4.79 Å². The van der Waals surface area contributed by atoms with Crippen LogP contribution in [-0.4, -0.2) is 16.3 Å². The Labute approximate surface area is 140 Å². The predicted octanol–water partition coefficient (Wildman–Crippen LogP) is 4.73. The van der Waals surface area contributed by atoms with Crippen molar-refractivity contribution in [1.29, 1.82) is 0 Å². The molecule has 3 heteroatoms. The zero-order valence-electron chi connectivity index (χ0n) is 12.6. The van der Waals surface area contributed by atoms with Crippen molar-refractivity contribution in [3.63, 3.8) is 0 Å². The van der Waals surface area contributed by atoms with E-state index in [1.54, 1.807) is 0 Å². The highest BCUT2D eigenvalue weighted by Gasteiger charge is 2.28. The van der Waals surface area contributed by atoms with E-state index >= 15 is 0 Å². The lowest BCUT2D eigenvalue weighted by Gasteiger charge is -2.36. The van der Waals surface area contributed by atoms with Crippen LogP contribution in [0.3, 0.4) is 0 Å². The Morgan fingerprint density at radius 3 is 2.14 bits per heavy atom. The van der Waals surface area contributed by atoms with Crippen molar-refractivity contribution in [3.05, 3.63) is 69.3 Å². The molecule has 0 bridgehead atoms. The van der Waals surface area contributed by atoms with Gasteiger partial charge in [-0.15, -0.1) is 0 Å². The van der Waals surface area contributed by atoms with Crippen LogP contribution < -0.4 is 0 Å². The second-order valence-corrected chi connectivity index (χ2v) is 7.19. The van der Waals surface area contributed by atoms with Gasteiger partial charge in [-0.05, 0) is 61.1 Å². The van der Waals surface area contributed by atoms with Crippen LogP contribution >= 0.6 is 22.6 Å². The lowest BCUT2D eigenvalue weighted by molar-refractivity contribution is 0.0558. The number of benzene rings is 2. The Balaban J connectivity index is 2.33. The van der Waals surface area contributed by atoms with E-state index in [1.165, 1.54) is 0 Å². The van der Waals surface area contributed by atoms with Gasteiger partial charge in [0.1, 0.15) is 0 Å². The molecule has 0 aliphatic carbocycles. The second-order valence-electron chi connectivity index (χ2n) is 6.03. The minimum absolute atomic E-state index is 0.0800. The van der Waals surface area contributed by atoms with Crippen molar-refractivity contribution in [3.8, 4) is 0 Å². The smallest absolute Gasteiger partial charge is 0.255 e. The number of nitrogens with zero attached hydrogens (tertiary/aromatic N) is 1. The quantitative estimate of drug-likeness (QED) is 0.691. The summed E-state index contributed by atoms with van der Waals surface area (Å²) in [6, 6.07) is 17.9. The van der Waals surface area contributed by atoms with Gasteiger partial charge in [0.2, 0.25) is 0 Å². The van der Waals surface area contributed by atoms with Gasteiger partial charge in [-0.25, -0.2) is 0 Å². The summed E-state index contributed by atoms with van der Waals surface area (Å²) in [4.78, 5) is 14.9. The summed E-state index contributed by atoms with van der Waals surface area (Å²) in [5, 5.41) is 0. The van der Waals surface area contributed by atoms with Gasteiger partial charge >= 0.3 is 0 Å². The number of carbonyl (C=O) groups excluding carboxylic acids is 1. The molecule has 0 aliphatic heterocycles. The van der Waals surface area contributed by atoms with Gasteiger partial charge in [-0.1, -0.05) is 42.5 Å². The summed E-state index contributed by atoms with van der Waals surface area (Å²) >= 11 is 2.22. The van der Waals surface area contributed by atoms with Crippen molar-refractivity contribution in [2.45, 2.75) is 32.9 Å². The third-order valence-corrected chi connectivity index (χ3v) is 4.28. The van der Waals surface area contributed by atoms with Crippen LogP contribution in [0, 0.1) is 3.57 Å². The molecule has 110 valence electrons. The molecule has 0 heterocycles. The van der Waals surface area contributed by atoms with E-state index in [9.17, 15) is 4.79 Å². The molecule has 0 saturated carbocycles. The van der Waals surface area contributed by atoms with Gasteiger partial charge in [0.15, 0.2) is 0 Å². The first-order valence-corrected chi connectivity index (χ1v) is 8.08. The molecule has 0 radical (unpaired) electrons. The topological polar surface area (TPSA) is 20.3 Å². The van der Waals surface area contributed by atoms with Crippen LogP contribution in [0.4, 0.5) is 0 Å². The summed E-state index contributed by atoms with van der Waals surface area (Å²) in [5.74, 6) is 0.0800. The normalized spacial score (nSPS) is 11.2. The molecular weight excluding hydrogens is 373 g/mol. The SMILES string of the molecule is CC(C)(C)N(Cc1ccccc1)C(=O)c1ccccc1I. The van der Waals surface area contributed by atoms with Crippen molar-refractivity contribution < 1.29 is 4.79 Å². The number of rotatable bonds is 3. The first-order chi connectivity index (χ1) is 9.89. The molecule has 2 rings (SSSR count). The summed E-state index contributed by atoms with van der Waals surface area (Å²) in [5.41, 5.74) is 1.68. The average Bonchev–Trinajstić information content (AvgIpc) is 2.44. The van der Waals surface area contributed by atoms with E-state index in [2.05, 4.69) is 55.5 Å². The van der Waals surface area contributed by atoms with Crippen molar-refractivity contribution in [2.75, 3.05) is 0 Å². The average molecular weight is 393 g/mol. The van der Waals surface area contributed by atoms with E-state index in [0.29, 0.717) is 6.54 Å². The van der Waals surface area contributed by atoms with Crippen LogP contribution in [0.15, 0.2) is 54.6 Å². The maximum atomic E-state index is 12.9. The number of hydrogen-bond donors (Lipinski definition) is 0. The van der Waals surface area contributed by atoms with Crippen molar-refractivity contribution >= 4 is 28.5 Å². The lowest BCUT2D eigenvalue weighted by Crippen LogP contribution is -2.45. The molecule has 21 heavy (non-hydrogen) atoms. The zero-order chi connectivity index (χ0) is 15.5. The molecule has 2 aromatic carbocycles. The summed E-state index contributed by atoms with van der Waals surface area (Å²) in [7, 11) is 0. The number of hydrogen-bond acceptors (Lipinski definition) is 1. The third kappa shape index (κ3) is 4.06. The van der Waals surface area contributed by atoms with Gasteiger partial charge in [0.05, 0.1) is 5.56 Å². The number of carbonyl (C=O) groups is 1. The molecule has 2 aromatic rings. The monoisotopic (exact) mass is 393 g/mol. The molecule has 0 saturated heterocycles. The maximum Gasteiger partial charge on any atom is 0.255 e. The van der Waals surface area contributed by atoms with E-state index in [1.807, 2.05) is 47.4 Å². The fourth-order valence-electron chi connectivity index (χ4n) is 2.16. The van der Waals surface area contributed by atoms with Crippen LogP contribution in [0.25, 0.3) is 0 Å². The maximum absolute atomic E-state index is 12.9. The largest absolute Gasteiger partial charge is 0.329 e. The third-order valence-electron chi connectivity index (χ3n) is 3.34. The van der Waals surface area contributed by atoms with Gasteiger partial charge in [-0.2, -0.15) is 0 Å².